The van der Waals surface area contributed by atoms with Gasteiger partial charge in [-0.2, -0.15) is 0 Å². The second-order valence-electron chi connectivity index (χ2n) is 20.8. The summed E-state index contributed by atoms with van der Waals surface area (Å²) >= 11 is 0. The Hall–Kier alpha value is -0.810. The fourth-order valence-electron chi connectivity index (χ4n) is 14.6. The lowest BCUT2D eigenvalue weighted by molar-refractivity contribution is -0.256. The maximum absolute atomic E-state index is 12.9. The molecule has 0 amide bonds. The molecule has 3 saturated heterocycles. The Balaban J connectivity index is 1.01. The molecule has 0 aromatic carbocycles. The molecule has 9 heteroatoms. The Labute approximate surface area is 307 Å². The first-order valence-electron chi connectivity index (χ1n) is 20.7. The summed E-state index contributed by atoms with van der Waals surface area (Å²) in [4.78, 5) is 15.4. The Morgan fingerprint density at radius 2 is 1.73 bits per heavy atom. The van der Waals surface area contributed by atoms with Gasteiger partial charge >= 0.3 is 5.97 Å². The van der Waals surface area contributed by atoms with Gasteiger partial charge in [-0.25, -0.2) is 0 Å². The molecule has 8 fully saturated rings. The maximum atomic E-state index is 12.9. The largest absolute Gasteiger partial charge is 0.457 e. The molecule has 5 saturated carbocycles. The number of ether oxygens (including phenoxy) is 5. The van der Waals surface area contributed by atoms with Crippen LogP contribution in [0, 0.1) is 56.7 Å². The second-order valence-corrected chi connectivity index (χ2v) is 20.8. The van der Waals surface area contributed by atoms with Gasteiger partial charge in [0.25, 0.3) is 0 Å². The zero-order valence-electron chi connectivity index (χ0n) is 33.1. The Morgan fingerprint density at radius 3 is 2.39 bits per heavy atom. The van der Waals surface area contributed by atoms with Gasteiger partial charge < -0.3 is 33.9 Å². The predicted octanol–water partition coefficient (Wildman–Crippen LogP) is 5.97. The van der Waals surface area contributed by atoms with E-state index in [9.17, 15) is 15.0 Å². The monoisotopic (exact) mass is 716 g/mol. The van der Waals surface area contributed by atoms with Crippen LogP contribution in [0.1, 0.15) is 120 Å². The van der Waals surface area contributed by atoms with E-state index in [1.165, 1.54) is 25.7 Å². The van der Waals surface area contributed by atoms with Crippen LogP contribution in [0.15, 0.2) is 0 Å². The third-order valence-electron chi connectivity index (χ3n) is 17.2. The van der Waals surface area contributed by atoms with Crippen molar-refractivity contribution in [1.82, 2.24) is 4.90 Å². The van der Waals surface area contributed by atoms with Crippen molar-refractivity contribution < 1.29 is 38.7 Å². The van der Waals surface area contributed by atoms with Crippen molar-refractivity contribution in [1.29, 1.82) is 0 Å². The SMILES string of the molecule is CC(C)CC(=O)O[C@@H](C1C[C@@H](C)[C@H]2C(O1)[C@H](O)[C@@]1(C)C3CC[C@H]4C(C)(C)[C@@H](O[C@H]5CN(C6COC6)CCO5)CC[C@@]45C[C@@]35CC[C@]21C)C(C)(C)O. The van der Waals surface area contributed by atoms with Crippen LogP contribution in [0.4, 0.5) is 0 Å². The fourth-order valence-corrected chi connectivity index (χ4v) is 14.6. The zero-order chi connectivity index (χ0) is 36.5. The van der Waals surface area contributed by atoms with Crippen molar-refractivity contribution in [3.05, 3.63) is 0 Å². The fraction of sp³-hybridized carbons (Fsp3) is 0.976. The minimum atomic E-state index is -1.26. The van der Waals surface area contributed by atoms with Crippen LogP contribution in [0.5, 0.6) is 0 Å². The highest BCUT2D eigenvalue weighted by Crippen LogP contribution is 2.89. The second kappa shape index (κ2) is 12.3. The van der Waals surface area contributed by atoms with E-state index in [-0.39, 0.29) is 63.9 Å². The smallest absolute Gasteiger partial charge is 0.306 e. The molecule has 0 radical (unpaired) electrons. The first-order chi connectivity index (χ1) is 23.9. The van der Waals surface area contributed by atoms with E-state index in [2.05, 4.69) is 39.5 Å². The van der Waals surface area contributed by atoms with Crippen LogP contribution in [0.25, 0.3) is 0 Å². The molecular formula is C42H69NO8. The number of nitrogens with zero attached hydrogens (tertiary/aromatic N) is 1. The molecule has 2 spiro atoms. The van der Waals surface area contributed by atoms with Gasteiger partial charge in [-0.05, 0) is 116 Å². The van der Waals surface area contributed by atoms with Crippen molar-refractivity contribution in [2.75, 3.05) is 32.9 Å². The van der Waals surface area contributed by atoms with Crippen LogP contribution >= 0.6 is 0 Å². The zero-order valence-corrected chi connectivity index (χ0v) is 33.1. The van der Waals surface area contributed by atoms with Gasteiger partial charge in [0.15, 0.2) is 12.4 Å². The molecular weight excluding hydrogens is 646 g/mol. The van der Waals surface area contributed by atoms with Crippen molar-refractivity contribution in [3.8, 4) is 0 Å². The van der Waals surface area contributed by atoms with Crippen molar-refractivity contribution in [2.24, 2.45) is 56.7 Å². The average Bonchev–Trinajstić information content (AvgIpc) is 3.64. The van der Waals surface area contributed by atoms with Crippen LogP contribution in [0.2, 0.25) is 0 Å². The molecule has 51 heavy (non-hydrogen) atoms. The number of rotatable bonds is 8. The quantitative estimate of drug-likeness (QED) is 0.294. The molecule has 2 N–H and O–H groups in total. The summed E-state index contributed by atoms with van der Waals surface area (Å²) in [6, 6.07) is 0.506. The Morgan fingerprint density at radius 1 is 1.02 bits per heavy atom. The number of hydrogen-bond donors (Lipinski definition) is 2. The number of carbonyl (C=O) groups excluding carboxylic acids is 1. The molecule has 14 atom stereocenters. The number of fused-ring (bicyclic) bond motifs is 4. The topological polar surface area (TPSA) is 107 Å². The number of hydrogen-bond acceptors (Lipinski definition) is 9. The summed E-state index contributed by atoms with van der Waals surface area (Å²) < 4.78 is 31.6. The maximum Gasteiger partial charge on any atom is 0.306 e. The highest BCUT2D eigenvalue weighted by atomic mass is 16.7. The molecule has 0 aromatic heterocycles. The van der Waals surface area contributed by atoms with E-state index in [4.69, 9.17) is 23.7 Å². The molecule has 9 nitrogen and oxygen atoms in total. The molecule has 0 bridgehead atoms. The van der Waals surface area contributed by atoms with E-state index in [1.807, 2.05) is 13.8 Å². The first-order valence-corrected chi connectivity index (χ1v) is 20.7. The molecule has 290 valence electrons. The lowest BCUT2D eigenvalue weighted by Crippen LogP contribution is -2.60. The van der Waals surface area contributed by atoms with Crippen LogP contribution in [0.3, 0.4) is 0 Å². The summed E-state index contributed by atoms with van der Waals surface area (Å²) in [5, 5.41) is 24.0. The van der Waals surface area contributed by atoms with Gasteiger partial charge in [0.1, 0.15) is 0 Å². The molecule has 5 aliphatic carbocycles. The minimum absolute atomic E-state index is 0.0475. The summed E-state index contributed by atoms with van der Waals surface area (Å²) in [6.45, 7) is 23.8. The van der Waals surface area contributed by atoms with E-state index in [0.29, 0.717) is 36.1 Å². The molecule has 0 aromatic rings. The summed E-state index contributed by atoms with van der Waals surface area (Å²) in [6.07, 6.45) is 7.03. The third kappa shape index (κ3) is 5.34. The van der Waals surface area contributed by atoms with Crippen molar-refractivity contribution >= 4 is 5.97 Å². The summed E-state index contributed by atoms with van der Waals surface area (Å²) in [7, 11) is 0. The minimum Gasteiger partial charge on any atom is -0.457 e. The molecule has 3 heterocycles. The number of aliphatic hydroxyl groups is 2. The Bertz CT molecular complexity index is 1340. The van der Waals surface area contributed by atoms with Crippen LogP contribution in [-0.4, -0.2) is 102 Å². The van der Waals surface area contributed by atoms with E-state index in [1.54, 1.807) is 13.8 Å². The summed E-state index contributed by atoms with van der Waals surface area (Å²) in [5.74, 6) is 1.39. The van der Waals surface area contributed by atoms with Crippen molar-refractivity contribution in [3.63, 3.8) is 0 Å². The molecule has 3 unspecified atom stereocenters. The number of aliphatic hydroxyl groups excluding tert-OH is 1. The van der Waals surface area contributed by atoms with Crippen LogP contribution in [-0.2, 0) is 28.5 Å². The average molecular weight is 716 g/mol. The number of esters is 1. The number of morpholine rings is 1. The van der Waals surface area contributed by atoms with Gasteiger partial charge in [0, 0.05) is 18.4 Å². The lowest BCUT2D eigenvalue weighted by atomic mass is 9.41. The van der Waals surface area contributed by atoms with Gasteiger partial charge in [-0.1, -0.05) is 48.5 Å². The summed E-state index contributed by atoms with van der Waals surface area (Å²) in [5.41, 5.74) is -0.984. The van der Waals surface area contributed by atoms with Crippen molar-refractivity contribution in [2.45, 2.75) is 169 Å². The molecule has 8 rings (SSSR count). The lowest BCUT2D eigenvalue weighted by Gasteiger charge is -2.64. The highest BCUT2D eigenvalue weighted by Gasteiger charge is 2.84. The Kier molecular flexibility index (Phi) is 8.99. The van der Waals surface area contributed by atoms with Gasteiger partial charge in [0.2, 0.25) is 0 Å². The van der Waals surface area contributed by atoms with E-state index < -0.39 is 23.9 Å². The standard InChI is InChI=1S/C42H69NO8/c1-24(2)18-31(44)51-36(38(6,7)46)27-19-25(3)33-34(49-27)35(45)40(9)29-11-10-28-37(4,5)30(50-32-20-43(16-17-48-32)26-21-47-22-26)12-13-41(28)23-42(29,41)15-14-39(33,40)8/h24-30,32-36,45-46H,10-23H2,1-9H3/t25-,27?,28+,29?,30+,32+,33+,34?,35+,36+,39-,40-,41-,42+/m1/s1. The van der Waals surface area contributed by atoms with Gasteiger partial charge in [-0.3, -0.25) is 9.69 Å². The van der Waals surface area contributed by atoms with E-state index in [0.717, 1.165) is 52.2 Å². The van der Waals surface area contributed by atoms with Gasteiger partial charge in [-0.15, -0.1) is 0 Å². The molecule has 8 aliphatic rings. The first kappa shape index (κ1) is 37.1. The normalized spacial score (nSPS) is 49.8. The van der Waals surface area contributed by atoms with Crippen LogP contribution < -0.4 is 0 Å². The van der Waals surface area contributed by atoms with Gasteiger partial charge in [0.05, 0.1) is 62.4 Å². The van der Waals surface area contributed by atoms with E-state index >= 15 is 0 Å². The number of carbonyl (C=O) groups is 1. The molecule has 3 aliphatic heterocycles. The predicted molar refractivity (Wildman–Crippen MR) is 193 cm³/mol. The third-order valence-corrected chi connectivity index (χ3v) is 17.2. The highest BCUT2D eigenvalue weighted by molar-refractivity contribution is 5.70.